The molecule has 2 rings (SSSR count). The Morgan fingerprint density at radius 1 is 1.29 bits per heavy atom. The lowest BCUT2D eigenvalue weighted by Crippen LogP contribution is -1.97. The van der Waals surface area contributed by atoms with E-state index in [1.54, 1.807) is 0 Å². The van der Waals surface area contributed by atoms with Crippen LogP contribution in [0.5, 0.6) is 11.6 Å². The fourth-order valence-electron chi connectivity index (χ4n) is 1.39. The van der Waals surface area contributed by atoms with E-state index in [9.17, 15) is 0 Å². The third-order valence-corrected chi connectivity index (χ3v) is 3.23. The van der Waals surface area contributed by atoms with Crippen LogP contribution in [0.4, 0.5) is 0 Å². The van der Waals surface area contributed by atoms with Crippen molar-refractivity contribution in [2.75, 3.05) is 0 Å². The van der Waals surface area contributed by atoms with Gasteiger partial charge < -0.3 is 4.74 Å². The van der Waals surface area contributed by atoms with Gasteiger partial charge >= 0.3 is 0 Å². The maximum absolute atomic E-state index is 5.99. The number of halogens is 2. The van der Waals surface area contributed by atoms with E-state index in [2.05, 4.69) is 25.9 Å². The normalized spacial score (nSPS) is 10.3. The average Bonchev–Trinajstić information content (AvgIpc) is 2.32. The molecule has 17 heavy (non-hydrogen) atoms. The van der Waals surface area contributed by atoms with Gasteiger partial charge in [-0.05, 0) is 34.5 Å². The largest absolute Gasteiger partial charge is 0.437 e. The van der Waals surface area contributed by atoms with Crippen LogP contribution in [0.25, 0.3) is 0 Å². The number of para-hydroxylation sites is 1. The van der Waals surface area contributed by atoms with Gasteiger partial charge in [-0.1, -0.05) is 30.7 Å². The topological polar surface area (TPSA) is 35.0 Å². The lowest BCUT2D eigenvalue weighted by atomic mass is 10.2. The summed E-state index contributed by atoms with van der Waals surface area (Å²) in [5.41, 5.74) is 0.810. The standard InChI is InChI=1S/C12H10BrClN2O/c1-2-8-11(14)15-7-16-12(8)17-10-6-4-3-5-9(10)13/h3-7H,2H2,1H3. The molecular weight excluding hydrogens is 304 g/mol. The summed E-state index contributed by atoms with van der Waals surface area (Å²) in [7, 11) is 0. The summed E-state index contributed by atoms with van der Waals surface area (Å²) in [5, 5.41) is 0.435. The van der Waals surface area contributed by atoms with Crippen LogP contribution < -0.4 is 4.74 Å². The third kappa shape index (κ3) is 2.76. The van der Waals surface area contributed by atoms with E-state index in [-0.39, 0.29) is 0 Å². The number of nitrogens with zero attached hydrogens (tertiary/aromatic N) is 2. The second kappa shape index (κ2) is 5.47. The van der Waals surface area contributed by atoms with Gasteiger partial charge in [0.15, 0.2) is 0 Å². The van der Waals surface area contributed by atoms with Crippen molar-refractivity contribution < 1.29 is 4.74 Å². The number of benzene rings is 1. The average molecular weight is 314 g/mol. The predicted molar refractivity (Wildman–Crippen MR) is 70.6 cm³/mol. The first kappa shape index (κ1) is 12.3. The monoisotopic (exact) mass is 312 g/mol. The molecule has 0 saturated heterocycles. The molecule has 0 aliphatic rings. The molecule has 0 N–H and O–H groups in total. The zero-order chi connectivity index (χ0) is 12.3. The highest BCUT2D eigenvalue weighted by molar-refractivity contribution is 9.10. The van der Waals surface area contributed by atoms with E-state index in [0.29, 0.717) is 16.8 Å². The van der Waals surface area contributed by atoms with Crippen LogP contribution in [0.15, 0.2) is 35.1 Å². The lowest BCUT2D eigenvalue weighted by Gasteiger charge is -2.10. The smallest absolute Gasteiger partial charge is 0.227 e. The number of aromatic nitrogens is 2. The van der Waals surface area contributed by atoms with Crippen LogP contribution in [0.2, 0.25) is 5.15 Å². The van der Waals surface area contributed by atoms with Gasteiger partial charge in [0.25, 0.3) is 0 Å². The van der Waals surface area contributed by atoms with Crippen molar-refractivity contribution in [3.63, 3.8) is 0 Å². The molecule has 0 saturated carbocycles. The molecule has 0 aliphatic carbocycles. The van der Waals surface area contributed by atoms with Gasteiger partial charge in [0.1, 0.15) is 17.2 Å². The van der Waals surface area contributed by atoms with E-state index in [4.69, 9.17) is 16.3 Å². The minimum atomic E-state index is 0.435. The quantitative estimate of drug-likeness (QED) is 0.795. The maximum atomic E-state index is 5.99. The van der Waals surface area contributed by atoms with Crippen LogP contribution in [-0.2, 0) is 6.42 Å². The van der Waals surface area contributed by atoms with Gasteiger partial charge in [0.05, 0.1) is 10.0 Å². The molecule has 0 radical (unpaired) electrons. The minimum Gasteiger partial charge on any atom is -0.437 e. The Morgan fingerprint density at radius 3 is 2.76 bits per heavy atom. The number of hydrogen-bond acceptors (Lipinski definition) is 3. The number of hydrogen-bond donors (Lipinski definition) is 0. The van der Waals surface area contributed by atoms with Gasteiger partial charge in [-0.15, -0.1) is 0 Å². The molecule has 0 atom stereocenters. The second-order valence-electron chi connectivity index (χ2n) is 3.33. The van der Waals surface area contributed by atoms with E-state index in [0.717, 1.165) is 16.5 Å². The van der Waals surface area contributed by atoms with Crippen LogP contribution in [0.1, 0.15) is 12.5 Å². The van der Waals surface area contributed by atoms with Crippen LogP contribution in [0, 0.1) is 0 Å². The van der Waals surface area contributed by atoms with Gasteiger partial charge in [0.2, 0.25) is 5.88 Å². The van der Waals surface area contributed by atoms with E-state index in [1.807, 2.05) is 31.2 Å². The Labute approximate surface area is 113 Å². The highest BCUT2D eigenvalue weighted by Crippen LogP contribution is 2.31. The van der Waals surface area contributed by atoms with Crippen LogP contribution >= 0.6 is 27.5 Å². The first-order valence-electron chi connectivity index (χ1n) is 5.14. The Bertz CT molecular complexity index is 534. The summed E-state index contributed by atoms with van der Waals surface area (Å²) in [4.78, 5) is 8.05. The van der Waals surface area contributed by atoms with Crippen molar-refractivity contribution in [1.29, 1.82) is 0 Å². The van der Waals surface area contributed by atoms with Crippen molar-refractivity contribution in [3.8, 4) is 11.6 Å². The first-order valence-corrected chi connectivity index (χ1v) is 6.31. The predicted octanol–water partition coefficient (Wildman–Crippen LogP) is 4.25. The number of rotatable bonds is 3. The Hall–Kier alpha value is -1.13. The summed E-state index contributed by atoms with van der Waals surface area (Å²) >= 11 is 9.41. The molecule has 0 spiro atoms. The molecule has 5 heteroatoms. The fraction of sp³-hybridized carbons (Fsp3) is 0.167. The van der Waals surface area contributed by atoms with Gasteiger partial charge in [-0.3, -0.25) is 0 Å². The highest BCUT2D eigenvalue weighted by Gasteiger charge is 2.11. The molecule has 0 amide bonds. The molecule has 1 aromatic carbocycles. The van der Waals surface area contributed by atoms with Crippen molar-refractivity contribution in [2.24, 2.45) is 0 Å². The summed E-state index contributed by atoms with van der Waals surface area (Å²) in [6.07, 6.45) is 2.12. The van der Waals surface area contributed by atoms with E-state index < -0.39 is 0 Å². The molecule has 0 unspecified atom stereocenters. The van der Waals surface area contributed by atoms with Gasteiger partial charge in [-0.25, -0.2) is 9.97 Å². The molecule has 1 aromatic heterocycles. The number of ether oxygens (including phenoxy) is 1. The zero-order valence-corrected chi connectivity index (χ0v) is 11.5. The molecule has 2 aromatic rings. The fourth-order valence-corrected chi connectivity index (χ4v) is 2.02. The Kier molecular flexibility index (Phi) is 3.97. The SMILES string of the molecule is CCc1c(Cl)ncnc1Oc1ccccc1Br. The lowest BCUT2D eigenvalue weighted by molar-refractivity contribution is 0.452. The molecule has 3 nitrogen and oxygen atoms in total. The van der Waals surface area contributed by atoms with Gasteiger partial charge in [0, 0.05) is 0 Å². The molecule has 1 heterocycles. The van der Waals surface area contributed by atoms with Crippen LogP contribution in [-0.4, -0.2) is 9.97 Å². The second-order valence-corrected chi connectivity index (χ2v) is 4.55. The molecular formula is C12H10BrClN2O. The molecule has 0 aliphatic heterocycles. The van der Waals surface area contributed by atoms with Crippen molar-refractivity contribution in [2.45, 2.75) is 13.3 Å². The van der Waals surface area contributed by atoms with E-state index in [1.165, 1.54) is 6.33 Å². The summed E-state index contributed by atoms with van der Waals surface area (Å²) in [6.45, 7) is 1.98. The van der Waals surface area contributed by atoms with Gasteiger partial charge in [-0.2, -0.15) is 0 Å². The van der Waals surface area contributed by atoms with Crippen LogP contribution in [0.3, 0.4) is 0 Å². The third-order valence-electron chi connectivity index (χ3n) is 2.25. The zero-order valence-electron chi connectivity index (χ0n) is 9.15. The summed E-state index contributed by atoms with van der Waals surface area (Å²) in [6, 6.07) is 7.59. The minimum absolute atomic E-state index is 0.435. The van der Waals surface area contributed by atoms with Crippen molar-refractivity contribution >= 4 is 27.5 Å². The maximum Gasteiger partial charge on any atom is 0.227 e. The Balaban J connectivity index is 2.37. The summed E-state index contributed by atoms with van der Waals surface area (Å²) < 4.78 is 6.60. The van der Waals surface area contributed by atoms with Crippen molar-refractivity contribution in [1.82, 2.24) is 9.97 Å². The first-order chi connectivity index (χ1) is 8.22. The molecule has 0 bridgehead atoms. The molecule has 88 valence electrons. The molecule has 0 fully saturated rings. The highest BCUT2D eigenvalue weighted by atomic mass is 79.9. The van der Waals surface area contributed by atoms with Crippen molar-refractivity contribution in [3.05, 3.63) is 45.8 Å². The van der Waals surface area contributed by atoms with E-state index >= 15 is 0 Å². The summed E-state index contributed by atoms with van der Waals surface area (Å²) in [5.74, 6) is 1.20. The Morgan fingerprint density at radius 2 is 2.06 bits per heavy atom.